The Morgan fingerprint density at radius 3 is 2.73 bits per heavy atom. The van der Waals surface area contributed by atoms with Crippen molar-refractivity contribution in [2.75, 3.05) is 12.3 Å². The fraction of sp³-hybridized carbons (Fsp3) is 0.333. The third-order valence-corrected chi connectivity index (χ3v) is 1.41. The van der Waals surface area contributed by atoms with Crippen LogP contribution in [0.3, 0.4) is 0 Å². The Morgan fingerprint density at radius 2 is 2.27 bits per heavy atom. The van der Waals surface area contributed by atoms with Gasteiger partial charge in [-0.1, -0.05) is 0 Å². The van der Waals surface area contributed by atoms with Gasteiger partial charge in [-0.15, -0.1) is 0 Å². The van der Waals surface area contributed by atoms with Gasteiger partial charge in [0.1, 0.15) is 5.70 Å². The molecule has 11 heavy (non-hydrogen) atoms. The van der Waals surface area contributed by atoms with Crippen LogP contribution in [0.1, 0.15) is 0 Å². The molecule has 1 aliphatic rings. The van der Waals surface area contributed by atoms with Crippen molar-refractivity contribution < 1.29 is 9.59 Å². The molecule has 0 fully saturated rings. The molecule has 60 valence electrons. The van der Waals surface area contributed by atoms with Crippen LogP contribution >= 0.6 is 12.6 Å². The standard InChI is InChI=1S/C6H8N2O2S/c9-5-3-4(6(10)8-5)7-1-2-11/h3,11H,1-2H2,(H2,7,8,9,10). The maximum atomic E-state index is 10.8. The molecule has 0 saturated carbocycles. The summed E-state index contributed by atoms with van der Waals surface area (Å²) in [6, 6.07) is 0. The topological polar surface area (TPSA) is 58.2 Å². The first kappa shape index (κ1) is 8.13. The maximum absolute atomic E-state index is 10.8. The number of thiol groups is 1. The predicted molar refractivity (Wildman–Crippen MR) is 43.1 cm³/mol. The zero-order valence-electron chi connectivity index (χ0n) is 5.76. The minimum Gasteiger partial charge on any atom is -0.380 e. The lowest BCUT2D eigenvalue weighted by molar-refractivity contribution is -0.124. The molecular formula is C6H8N2O2S. The summed E-state index contributed by atoms with van der Waals surface area (Å²) in [5.74, 6) is -0.104. The van der Waals surface area contributed by atoms with Gasteiger partial charge in [-0.25, -0.2) is 0 Å². The van der Waals surface area contributed by atoms with E-state index in [9.17, 15) is 9.59 Å². The van der Waals surface area contributed by atoms with Crippen molar-refractivity contribution in [3.05, 3.63) is 11.8 Å². The molecule has 0 aromatic carbocycles. The van der Waals surface area contributed by atoms with Crippen LogP contribution in [0.25, 0.3) is 0 Å². The van der Waals surface area contributed by atoms with E-state index in [-0.39, 0.29) is 11.8 Å². The van der Waals surface area contributed by atoms with E-state index in [0.717, 1.165) is 0 Å². The van der Waals surface area contributed by atoms with E-state index in [1.165, 1.54) is 6.08 Å². The number of nitrogens with one attached hydrogen (secondary N) is 2. The second-order valence-corrected chi connectivity index (χ2v) is 2.47. The lowest BCUT2D eigenvalue weighted by Crippen LogP contribution is -2.27. The van der Waals surface area contributed by atoms with Crippen LogP contribution in [0.15, 0.2) is 11.8 Å². The van der Waals surface area contributed by atoms with Crippen molar-refractivity contribution in [3.63, 3.8) is 0 Å². The van der Waals surface area contributed by atoms with E-state index in [1.807, 2.05) is 0 Å². The highest BCUT2D eigenvalue weighted by Crippen LogP contribution is 1.96. The van der Waals surface area contributed by atoms with Crippen molar-refractivity contribution in [1.82, 2.24) is 10.6 Å². The van der Waals surface area contributed by atoms with Crippen molar-refractivity contribution in [2.24, 2.45) is 0 Å². The average Bonchev–Trinajstić information content (AvgIpc) is 2.26. The zero-order chi connectivity index (χ0) is 8.27. The Kier molecular flexibility index (Phi) is 2.53. The molecule has 1 rings (SSSR count). The van der Waals surface area contributed by atoms with E-state index < -0.39 is 0 Å². The summed E-state index contributed by atoms with van der Waals surface area (Å²) in [5.41, 5.74) is 0.323. The Morgan fingerprint density at radius 1 is 1.55 bits per heavy atom. The SMILES string of the molecule is O=C1C=C(NCCS)C(=O)N1. The molecule has 0 saturated heterocycles. The minimum absolute atomic E-state index is 0.323. The van der Waals surface area contributed by atoms with Gasteiger partial charge in [0.15, 0.2) is 0 Å². The molecule has 2 N–H and O–H groups in total. The minimum atomic E-state index is -0.364. The molecule has 4 nitrogen and oxygen atoms in total. The lowest BCUT2D eigenvalue weighted by Gasteiger charge is -2.00. The molecule has 0 radical (unpaired) electrons. The van der Waals surface area contributed by atoms with Crippen LogP contribution < -0.4 is 10.6 Å². The van der Waals surface area contributed by atoms with Gasteiger partial charge in [0.2, 0.25) is 0 Å². The number of amides is 2. The maximum Gasteiger partial charge on any atom is 0.274 e. The number of hydrogen-bond donors (Lipinski definition) is 3. The van der Waals surface area contributed by atoms with Crippen LogP contribution in [0, 0.1) is 0 Å². The highest BCUT2D eigenvalue weighted by atomic mass is 32.1. The van der Waals surface area contributed by atoms with Crippen LogP contribution in [0.2, 0.25) is 0 Å². The van der Waals surface area contributed by atoms with E-state index >= 15 is 0 Å². The number of imide groups is 1. The third-order valence-electron chi connectivity index (χ3n) is 1.18. The van der Waals surface area contributed by atoms with Crippen molar-refractivity contribution in [1.29, 1.82) is 0 Å². The number of carbonyl (C=O) groups excluding carboxylic acids is 2. The molecule has 1 heterocycles. The average molecular weight is 172 g/mol. The summed E-state index contributed by atoms with van der Waals surface area (Å²) in [5, 5.41) is 4.88. The van der Waals surface area contributed by atoms with Gasteiger partial charge in [0, 0.05) is 18.4 Å². The first-order valence-electron chi connectivity index (χ1n) is 3.16. The molecular weight excluding hydrogens is 164 g/mol. The first-order chi connectivity index (χ1) is 5.24. The van der Waals surface area contributed by atoms with Gasteiger partial charge >= 0.3 is 0 Å². The molecule has 2 amide bonds. The Labute approximate surface area is 69.4 Å². The van der Waals surface area contributed by atoms with Gasteiger partial charge in [-0.3, -0.25) is 14.9 Å². The van der Waals surface area contributed by atoms with Gasteiger partial charge in [-0.2, -0.15) is 12.6 Å². The van der Waals surface area contributed by atoms with Gasteiger partial charge < -0.3 is 5.32 Å². The second-order valence-electron chi connectivity index (χ2n) is 2.03. The molecule has 0 aliphatic carbocycles. The number of rotatable bonds is 3. The third kappa shape index (κ3) is 1.98. The monoisotopic (exact) mass is 172 g/mol. The van der Waals surface area contributed by atoms with Gasteiger partial charge in [0.25, 0.3) is 11.8 Å². The summed E-state index contributed by atoms with van der Waals surface area (Å²) in [4.78, 5) is 21.4. The zero-order valence-corrected chi connectivity index (χ0v) is 6.65. The Hall–Kier alpha value is -0.970. The van der Waals surface area contributed by atoms with Gasteiger partial charge in [-0.05, 0) is 0 Å². The van der Waals surface area contributed by atoms with E-state index in [2.05, 4.69) is 23.3 Å². The van der Waals surface area contributed by atoms with Crippen LogP contribution in [-0.4, -0.2) is 24.1 Å². The first-order valence-corrected chi connectivity index (χ1v) is 3.79. The van der Waals surface area contributed by atoms with Crippen LogP contribution in [0.5, 0.6) is 0 Å². The fourth-order valence-electron chi connectivity index (χ4n) is 0.734. The van der Waals surface area contributed by atoms with Crippen molar-refractivity contribution in [2.45, 2.75) is 0 Å². The molecule has 0 spiro atoms. The highest BCUT2D eigenvalue weighted by molar-refractivity contribution is 7.80. The smallest absolute Gasteiger partial charge is 0.274 e. The van der Waals surface area contributed by atoms with Crippen molar-refractivity contribution >= 4 is 24.4 Å². The van der Waals surface area contributed by atoms with Crippen LogP contribution in [-0.2, 0) is 9.59 Å². The van der Waals surface area contributed by atoms with E-state index in [4.69, 9.17) is 0 Å². The molecule has 5 heteroatoms. The van der Waals surface area contributed by atoms with E-state index in [0.29, 0.717) is 18.0 Å². The Bertz CT molecular complexity index is 225. The lowest BCUT2D eigenvalue weighted by atomic mass is 10.4. The van der Waals surface area contributed by atoms with Gasteiger partial charge in [0.05, 0.1) is 0 Å². The van der Waals surface area contributed by atoms with Crippen LogP contribution in [0.4, 0.5) is 0 Å². The normalized spacial score (nSPS) is 16.3. The fourth-order valence-corrected chi connectivity index (χ4v) is 0.846. The van der Waals surface area contributed by atoms with Crippen molar-refractivity contribution in [3.8, 4) is 0 Å². The second kappa shape index (κ2) is 3.43. The highest BCUT2D eigenvalue weighted by Gasteiger charge is 2.19. The summed E-state index contributed by atoms with van der Waals surface area (Å²) in [6.07, 6.45) is 1.24. The Balaban J connectivity index is 2.50. The molecule has 0 unspecified atom stereocenters. The molecule has 0 aromatic rings. The summed E-state index contributed by atoms with van der Waals surface area (Å²) in [6.45, 7) is 0.579. The molecule has 1 aliphatic heterocycles. The largest absolute Gasteiger partial charge is 0.380 e. The predicted octanol–water partition coefficient (Wildman–Crippen LogP) is -0.954. The molecule has 0 bridgehead atoms. The summed E-state index contributed by atoms with van der Waals surface area (Å²) < 4.78 is 0. The summed E-state index contributed by atoms with van der Waals surface area (Å²) in [7, 11) is 0. The number of hydrogen-bond acceptors (Lipinski definition) is 4. The molecule has 0 atom stereocenters. The molecule has 0 aromatic heterocycles. The summed E-state index contributed by atoms with van der Waals surface area (Å²) >= 11 is 3.94. The quantitative estimate of drug-likeness (QED) is 0.380. The number of carbonyl (C=O) groups is 2. The van der Waals surface area contributed by atoms with E-state index in [1.54, 1.807) is 0 Å².